The van der Waals surface area contributed by atoms with Gasteiger partial charge in [-0.05, 0) is 25.7 Å². The molecule has 0 rings (SSSR count). The summed E-state index contributed by atoms with van der Waals surface area (Å²) in [5, 5.41) is 14.8. The van der Waals surface area contributed by atoms with Crippen molar-refractivity contribution < 1.29 is 24.3 Å². The van der Waals surface area contributed by atoms with Crippen LogP contribution in [0.2, 0.25) is 0 Å². The highest BCUT2D eigenvalue weighted by Crippen LogP contribution is 2.13. The van der Waals surface area contributed by atoms with Gasteiger partial charge in [-0.15, -0.1) is 0 Å². The summed E-state index contributed by atoms with van der Waals surface area (Å²) in [5.74, 6) is -1.58. The molecule has 216 valence electrons. The Balaban J connectivity index is 3.74. The first-order valence-electron chi connectivity index (χ1n) is 14.9. The average Bonchev–Trinajstić information content (AvgIpc) is 2.88. The van der Waals surface area contributed by atoms with Crippen molar-refractivity contribution in [1.82, 2.24) is 10.6 Å². The first-order valence-corrected chi connectivity index (χ1v) is 14.9. The summed E-state index contributed by atoms with van der Waals surface area (Å²) >= 11 is 0. The molecule has 0 radical (unpaired) electrons. The second-order valence-corrected chi connectivity index (χ2v) is 10.3. The van der Waals surface area contributed by atoms with Crippen LogP contribution in [0.3, 0.4) is 0 Å². The molecule has 5 N–H and O–H groups in total. The van der Waals surface area contributed by atoms with Gasteiger partial charge in [-0.25, -0.2) is 4.79 Å². The van der Waals surface area contributed by atoms with Crippen LogP contribution in [0.25, 0.3) is 0 Å². The van der Waals surface area contributed by atoms with Gasteiger partial charge in [-0.1, -0.05) is 103 Å². The lowest BCUT2D eigenvalue weighted by Gasteiger charge is -2.14. The summed E-state index contributed by atoms with van der Waals surface area (Å²) in [7, 11) is 0. The Hall–Kier alpha value is -1.96. The van der Waals surface area contributed by atoms with Crippen LogP contribution in [0.15, 0.2) is 0 Å². The van der Waals surface area contributed by atoms with Crippen LogP contribution in [0, 0.1) is 0 Å². The molecule has 0 fully saturated rings. The van der Waals surface area contributed by atoms with Gasteiger partial charge in [0.05, 0.1) is 6.04 Å². The fourth-order valence-corrected chi connectivity index (χ4v) is 4.35. The molecule has 0 saturated heterocycles. The van der Waals surface area contributed by atoms with Gasteiger partial charge in [-0.2, -0.15) is 0 Å². The molecule has 8 nitrogen and oxygen atoms in total. The van der Waals surface area contributed by atoms with Gasteiger partial charge in [0.15, 0.2) is 0 Å². The van der Waals surface area contributed by atoms with Crippen LogP contribution in [-0.4, -0.2) is 47.8 Å². The third kappa shape index (κ3) is 24.1. The van der Waals surface area contributed by atoms with Gasteiger partial charge in [-0.3, -0.25) is 9.59 Å². The minimum atomic E-state index is -1.11. The molecular formula is C29H55N3O5. The maximum absolute atomic E-state index is 12.2. The molecule has 0 aromatic heterocycles. The fourth-order valence-electron chi connectivity index (χ4n) is 4.35. The third-order valence-corrected chi connectivity index (χ3v) is 6.76. The van der Waals surface area contributed by atoms with Crippen molar-refractivity contribution in [2.75, 3.05) is 6.54 Å². The number of carboxylic acids is 1. The number of hydrogen-bond donors (Lipinski definition) is 4. The second kappa shape index (κ2) is 25.7. The van der Waals surface area contributed by atoms with Gasteiger partial charge >= 0.3 is 5.97 Å². The highest BCUT2D eigenvalue weighted by atomic mass is 16.4. The van der Waals surface area contributed by atoms with Gasteiger partial charge in [0.2, 0.25) is 11.8 Å². The molecule has 2 unspecified atom stereocenters. The van der Waals surface area contributed by atoms with Crippen molar-refractivity contribution in [3.8, 4) is 0 Å². The minimum Gasteiger partial charge on any atom is -0.480 e. The Morgan fingerprint density at radius 2 is 1.22 bits per heavy atom. The summed E-state index contributed by atoms with van der Waals surface area (Å²) in [6.45, 7) is 2.77. The molecule has 0 aliphatic rings. The molecule has 0 heterocycles. The number of carbonyl (C=O) groups is 4. The number of nitrogens with one attached hydrogen (secondary N) is 2. The average molecular weight is 526 g/mol. The molecule has 0 saturated carbocycles. The molecule has 37 heavy (non-hydrogen) atoms. The van der Waals surface area contributed by atoms with Crippen molar-refractivity contribution in [2.45, 2.75) is 154 Å². The molecule has 0 aliphatic carbocycles. The predicted molar refractivity (Wildman–Crippen MR) is 149 cm³/mol. The van der Waals surface area contributed by atoms with E-state index in [1.807, 2.05) is 0 Å². The lowest BCUT2D eigenvalue weighted by Crippen LogP contribution is -2.41. The molecule has 0 bridgehead atoms. The zero-order valence-corrected chi connectivity index (χ0v) is 23.4. The zero-order valence-electron chi connectivity index (χ0n) is 23.4. The quantitative estimate of drug-likeness (QED) is 0.0835. The Labute approximate surface area is 225 Å². The lowest BCUT2D eigenvalue weighted by molar-refractivity contribution is -0.142. The number of hydrogen-bond acceptors (Lipinski definition) is 5. The van der Waals surface area contributed by atoms with Crippen molar-refractivity contribution in [3.63, 3.8) is 0 Å². The number of rotatable bonds is 27. The van der Waals surface area contributed by atoms with E-state index in [1.165, 1.54) is 64.2 Å². The number of carbonyl (C=O) groups excluding carboxylic acids is 3. The van der Waals surface area contributed by atoms with Crippen LogP contribution < -0.4 is 16.4 Å². The largest absolute Gasteiger partial charge is 0.480 e. The molecule has 2 atom stereocenters. The number of aliphatic carboxylic acids is 1. The van der Waals surface area contributed by atoms with E-state index < -0.39 is 18.1 Å². The predicted octanol–water partition coefficient (Wildman–Crippen LogP) is 5.41. The Morgan fingerprint density at radius 1 is 0.703 bits per heavy atom. The van der Waals surface area contributed by atoms with Gasteiger partial charge < -0.3 is 26.3 Å². The van der Waals surface area contributed by atoms with Crippen molar-refractivity contribution >= 4 is 24.1 Å². The fraction of sp³-hybridized carbons (Fsp3) is 0.862. The zero-order chi connectivity index (χ0) is 27.6. The SMILES string of the molecule is CCCCCCCCCCCCCCCC(=O)NC(CCC(=O)NCCCCCCC(N)C=O)C(=O)O. The van der Waals surface area contributed by atoms with Crippen LogP contribution in [0.1, 0.15) is 142 Å². The van der Waals surface area contributed by atoms with Gasteiger partial charge in [0.25, 0.3) is 0 Å². The van der Waals surface area contributed by atoms with Crippen molar-refractivity contribution in [3.05, 3.63) is 0 Å². The monoisotopic (exact) mass is 525 g/mol. The van der Waals surface area contributed by atoms with E-state index in [9.17, 15) is 24.3 Å². The van der Waals surface area contributed by atoms with Crippen molar-refractivity contribution in [2.24, 2.45) is 5.73 Å². The molecule has 0 spiro atoms. The van der Waals surface area contributed by atoms with E-state index in [-0.39, 0.29) is 24.7 Å². The summed E-state index contributed by atoms with van der Waals surface area (Å²) in [6.07, 6.45) is 21.5. The van der Waals surface area contributed by atoms with Crippen LogP contribution in [0.5, 0.6) is 0 Å². The molecule has 0 aromatic carbocycles. The highest BCUT2D eigenvalue weighted by molar-refractivity contribution is 5.84. The number of nitrogens with two attached hydrogens (primary N) is 1. The van der Waals surface area contributed by atoms with Crippen LogP contribution in [-0.2, 0) is 19.2 Å². The Kier molecular flexibility index (Phi) is 24.3. The minimum absolute atomic E-state index is 0.0597. The van der Waals surface area contributed by atoms with E-state index in [1.54, 1.807) is 0 Å². The molecule has 8 heteroatoms. The molecule has 2 amide bonds. The number of unbranched alkanes of at least 4 members (excludes halogenated alkanes) is 15. The van der Waals surface area contributed by atoms with E-state index >= 15 is 0 Å². The first kappa shape index (κ1) is 35.0. The van der Waals surface area contributed by atoms with E-state index in [0.29, 0.717) is 19.4 Å². The molecule has 0 aliphatic heterocycles. The number of carboxylic acid groups (broad SMARTS) is 1. The Morgan fingerprint density at radius 3 is 1.76 bits per heavy atom. The summed E-state index contributed by atoms with van der Waals surface area (Å²) in [4.78, 5) is 46.1. The third-order valence-electron chi connectivity index (χ3n) is 6.76. The lowest BCUT2D eigenvalue weighted by atomic mass is 10.0. The van der Waals surface area contributed by atoms with Gasteiger partial charge in [0, 0.05) is 19.4 Å². The van der Waals surface area contributed by atoms with E-state index in [0.717, 1.165) is 51.2 Å². The van der Waals surface area contributed by atoms with Crippen molar-refractivity contribution in [1.29, 1.82) is 0 Å². The van der Waals surface area contributed by atoms with Crippen LogP contribution in [0.4, 0.5) is 0 Å². The molecular weight excluding hydrogens is 470 g/mol. The summed E-state index contributed by atoms with van der Waals surface area (Å²) in [5.41, 5.74) is 5.54. The number of amides is 2. The second-order valence-electron chi connectivity index (χ2n) is 10.3. The smallest absolute Gasteiger partial charge is 0.326 e. The summed E-state index contributed by atoms with van der Waals surface area (Å²) < 4.78 is 0. The Bertz CT molecular complexity index is 600. The first-order chi connectivity index (χ1) is 17.9. The highest BCUT2D eigenvalue weighted by Gasteiger charge is 2.20. The standard InChI is InChI=1S/C29H55N3O5/c1-2-3-4-5-6-7-8-9-10-11-12-13-17-20-28(35)32-26(29(36)37)21-22-27(34)31-23-18-15-14-16-19-25(30)24-33/h24-26H,2-23,30H2,1H3,(H,31,34)(H,32,35)(H,36,37). The van der Waals surface area contributed by atoms with Crippen LogP contribution >= 0.6 is 0 Å². The number of aldehydes is 1. The maximum atomic E-state index is 12.2. The van der Waals surface area contributed by atoms with E-state index in [2.05, 4.69) is 17.6 Å². The molecule has 0 aromatic rings. The van der Waals surface area contributed by atoms with E-state index in [4.69, 9.17) is 5.73 Å². The topological polar surface area (TPSA) is 139 Å². The normalized spacial score (nSPS) is 12.6. The summed E-state index contributed by atoms with van der Waals surface area (Å²) in [6, 6.07) is -1.43. The van der Waals surface area contributed by atoms with Gasteiger partial charge in [0.1, 0.15) is 12.3 Å². The maximum Gasteiger partial charge on any atom is 0.326 e.